The van der Waals surface area contributed by atoms with Gasteiger partial charge in [-0.1, -0.05) is 11.6 Å². The molecule has 114 valence electrons. The van der Waals surface area contributed by atoms with E-state index in [0.717, 1.165) is 5.56 Å². The van der Waals surface area contributed by atoms with Crippen LogP contribution in [0.4, 0.5) is 5.69 Å². The van der Waals surface area contributed by atoms with Gasteiger partial charge in [-0.25, -0.2) is 8.42 Å². The number of ether oxygens (including phenoxy) is 1. The van der Waals surface area contributed by atoms with Crippen LogP contribution < -0.4 is 9.46 Å². The van der Waals surface area contributed by atoms with Crippen molar-refractivity contribution < 1.29 is 18.3 Å². The lowest BCUT2D eigenvalue weighted by molar-refractivity contribution is 0.282. The summed E-state index contributed by atoms with van der Waals surface area (Å²) in [7, 11) is -2.36. The lowest BCUT2D eigenvalue weighted by atomic mass is 10.2. The van der Waals surface area contributed by atoms with Crippen LogP contribution in [0.25, 0.3) is 0 Å². The highest BCUT2D eigenvalue weighted by Crippen LogP contribution is 2.33. The molecule has 2 rings (SSSR count). The standard InChI is InChI=1S/C13H14ClNO4S2/c1-8-5-10(11(19-2)6-9(8)14)15-21(17,18)13-3-4-20-12(13)7-16/h3-6,15-16H,7H2,1-2H3. The van der Waals surface area contributed by atoms with E-state index in [0.29, 0.717) is 21.3 Å². The van der Waals surface area contributed by atoms with E-state index in [1.807, 2.05) is 0 Å². The number of halogens is 1. The Bertz CT molecular complexity index is 756. The van der Waals surface area contributed by atoms with E-state index in [2.05, 4.69) is 4.72 Å². The number of nitrogens with one attached hydrogen (secondary N) is 1. The highest BCUT2D eigenvalue weighted by molar-refractivity contribution is 7.93. The van der Waals surface area contributed by atoms with E-state index in [1.165, 1.54) is 24.5 Å². The maximum atomic E-state index is 12.4. The first-order valence-corrected chi connectivity index (χ1v) is 8.67. The smallest absolute Gasteiger partial charge is 0.263 e. The van der Waals surface area contributed by atoms with Crippen molar-refractivity contribution in [2.75, 3.05) is 11.8 Å². The minimum atomic E-state index is -3.80. The van der Waals surface area contributed by atoms with E-state index in [4.69, 9.17) is 16.3 Å². The molecular weight excluding hydrogens is 334 g/mol. The third-order valence-electron chi connectivity index (χ3n) is 2.86. The average molecular weight is 348 g/mol. The van der Waals surface area contributed by atoms with Gasteiger partial charge in [0.25, 0.3) is 10.0 Å². The van der Waals surface area contributed by atoms with Crippen molar-refractivity contribution >= 4 is 38.6 Å². The van der Waals surface area contributed by atoms with Gasteiger partial charge in [0.05, 0.1) is 24.3 Å². The third-order valence-corrected chi connectivity index (χ3v) is 5.75. The Labute approximate surface area is 132 Å². The summed E-state index contributed by atoms with van der Waals surface area (Å²) in [5, 5.41) is 11.3. The van der Waals surface area contributed by atoms with Crippen LogP contribution in [-0.4, -0.2) is 20.6 Å². The number of thiophene rings is 1. The molecule has 0 amide bonds. The zero-order chi connectivity index (χ0) is 15.6. The molecule has 21 heavy (non-hydrogen) atoms. The van der Waals surface area contributed by atoms with Crippen molar-refractivity contribution in [3.8, 4) is 5.75 Å². The zero-order valence-corrected chi connectivity index (χ0v) is 13.8. The predicted molar refractivity (Wildman–Crippen MR) is 83.8 cm³/mol. The third kappa shape index (κ3) is 3.32. The minimum absolute atomic E-state index is 0.0599. The average Bonchev–Trinajstić information content (AvgIpc) is 2.91. The number of rotatable bonds is 5. The summed E-state index contributed by atoms with van der Waals surface area (Å²) < 4.78 is 32.4. The van der Waals surface area contributed by atoms with Gasteiger partial charge in [-0.2, -0.15) is 0 Å². The lowest BCUT2D eigenvalue weighted by Gasteiger charge is -2.13. The van der Waals surface area contributed by atoms with Gasteiger partial charge in [-0.15, -0.1) is 11.3 Å². The molecule has 0 saturated heterocycles. The molecule has 0 aliphatic heterocycles. The summed E-state index contributed by atoms with van der Waals surface area (Å²) in [5.41, 5.74) is 1.03. The number of hydrogen-bond acceptors (Lipinski definition) is 5. The van der Waals surface area contributed by atoms with Crippen molar-refractivity contribution in [3.63, 3.8) is 0 Å². The number of benzene rings is 1. The Morgan fingerprint density at radius 3 is 2.76 bits per heavy atom. The molecule has 0 spiro atoms. The predicted octanol–water partition coefficient (Wildman–Crippen LogP) is 3.01. The van der Waals surface area contributed by atoms with E-state index in [1.54, 1.807) is 24.4 Å². The van der Waals surface area contributed by atoms with Crippen LogP contribution >= 0.6 is 22.9 Å². The van der Waals surface area contributed by atoms with Crippen molar-refractivity contribution in [2.45, 2.75) is 18.4 Å². The van der Waals surface area contributed by atoms with Crippen molar-refractivity contribution in [1.82, 2.24) is 0 Å². The Morgan fingerprint density at radius 1 is 1.43 bits per heavy atom. The first kappa shape index (κ1) is 16.1. The van der Waals surface area contributed by atoms with Crippen molar-refractivity contribution in [1.29, 1.82) is 0 Å². The first-order valence-electron chi connectivity index (χ1n) is 5.93. The van der Waals surface area contributed by atoms with Crippen LogP contribution in [-0.2, 0) is 16.6 Å². The van der Waals surface area contributed by atoms with Crippen LogP contribution in [0.15, 0.2) is 28.5 Å². The second kappa shape index (κ2) is 6.23. The van der Waals surface area contributed by atoms with Gasteiger partial charge in [-0.3, -0.25) is 4.72 Å². The van der Waals surface area contributed by atoms with Gasteiger partial charge in [0.15, 0.2) is 0 Å². The Kier molecular flexibility index (Phi) is 4.77. The van der Waals surface area contributed by atoms with E-state index in [9.17, 15) is 13.5 Å². The molecule has 0 atom stereocenters. The van der Waals surface area contributed by atoms with Gasteiger partial charge in [-0.05, 0) is 30.0 Å². The SMILES string of the molecule is COc1cc(Cl)c(C)cc1NS(=O)(=O)c1ccsc1CO. The van der Waals surface area contributed by atoms with Crippen LogP contribution in [0, 0.1) is 6.92 Å². The van der Waals surface area contributed by atoms with Gasteiger partial charge < -0.3 is 9.84 Å². The highest BCUT2D eigenvalue weighted by atomic mass is 35.5. The van der Waals surface area contributed by atoms with Gasteiger partial charge in [0.1, 0.15) is 10.6 Å². The number of sulfonamides is 1. The minimum Gasteiger partial charge on any atom is -0.495 e. The van der Waals surface area contributed by atoms with Crippen LogP contribution in [0.5, 0.6) is 5.75 Å². The number of aryl methyl sites for hydroxylation is 1. The van der Waals surface area contributed by atoms with Gasteiger partial charge >= 0.3 is 0 Å². The van der Waals surface area contributed by atoms with E-state index < -0.39 is 10.0 Å². The fourth-order valence-electron chi connectivity index (χ4n) is 1.80. The molecule has 0 unspecified atom stereocenters. The van der Waals surface area contributed by atoms with Gasteiger partial charge in [0.2, 0.25) is 0 Å². The summed E-state index contributed by atoms with van der Waals surface area (Å²) in [5.74, 6) is 0.329. The van der Waals surface area contributed by atoms with Crippen LogP contribution in [0.2, 0.25) is 5.02 Å². The largest absolute Gasteiger partial charge is 0.495 e. The Morgan fingerprint density at radius 2 is 2.14 bits per heavy atom. The van der Waals surface area contributed by atoms with Crippen LogP contribution in [0.3, 0.4) is 0 Å². The molecule has 1 heterocycles. The van der Waals surface area contributed by atoms with E-state index >= 15 is 0 Å². The number of hydrogen-bond donors (Lipinski definition) is 2. The normalized spacial score (nSPS) is 11.4. The summed E-state index contributed by atoms with van der Waals surface area (Å²) in [4.78, 5) is 0.441. The second-order valence-electron chi connectivity index (χ2n) is 4.27. The number of methoxy groups -OCH3 is 1. The summed E-state index contributed by atoms with van der Waals surface area (Å²) in [6.45, 7) is 1.44. The molecule has 0 fully saturated rings. The number of anilines is 1. The Balaban J connectivity index is 2.44. The molecule has 5 nitrogen and oxygen atoms in total. The first-order chi connectivity index (χ1) is 9.89. The topological polar surface area (TPSA) is 75.6 Å². The molecule has 1 aromatic carbocycles. The molecule has 0 bridgehead atoms. The zero-order valence-electron chi connectivity index (χ0n) is 11.4. The fourth-order valence-corrected chi connectivity index (χ4v) is 4.31. The molecule has 1 aromatic heterocycles. The fraction of sp³-hybridized carbons (Fsp3) is 0.231. The molecule has 2 aromatic rings. The van der Waals surface area contributed by atoms with Crippen molar-refractivity contribution in [3.05, 3.63) is 39.0 Å². The highest BCUT2D eigenvalue weighted by Gasteiger charge is 2.21. The monoisotopic (exact) mass is 347 g/mol. The molecule has 8 heteroatoms. The van der Waals surface area contributed by atoms with Crippen LogP contribution in [0.1, 0.15) is 10.4 Å². The summed E-state index contributed by atoms with van der Waals surface area (Å²) >= 11 is 7.18. The number of aliphatic hydroxyl groups excluding tert-OH is 1. The van der Waals surface area contributed by atoms with Crippen molar-refractivity contribution in [2.24, 2.45) is 0 Å². The molecule has 0 radical (unpaired) electrons. The quantitative estimate of drug-likeness (QED) is 0.871. The molecule has 0 saturated carbocycles. The van der Waals surface area contributed by atoms with E-state index in [-0.39, 0.29) is 11.5 Å². The molecule has 0 aliphatic carbocycles. The Hall–Kier alpha value is -1.28. The maximum Gasteiger partial charge on any atom is 0.263 e. The molecule has 0 aliphatic rings. The summed E-state index contributed by atoms with van der Waals surface area (Å²) in [6.07, 6.45) is 0. The second-order valence-corrected chi connectivity index (χ2v) is 7.33. The summed E-state index contributed by atoms with van der Waals surface area (Å²) in [6, 6.07) is 4.60. The molecule has 2 N–H and O–H groups in total. The van der Waals surface area contributed by atoms with Gasteiger partial charge in [0, 0.05) is 11.1 Å². The molecular formula is C13H14ClNO4S2. The maximum absolute atomic E-state index is 12.4. The number of aliphatic hydroxyl groups is 1. The lowest BCUT2D eigenvalue weighted by Crippen LogP contribution is -2.14.